The van der Waals surface area contributed by atoms with Gasteiger partial charge in [0.05, 0.1) is 49.0 Å². The number of sulfonamides is 1. The number of Topliss-reactive ketones (excluding diaryl/α,β-unsaturated/α-hetero) is 1. The van der Waals surface area contributed by atoms with Crippen LogP contribution in [-0.2, 0) is 62.8 Å². The highest BCUT2D eigenvalue weighted by molar-refractivity contribution is 7.95. The topological polar surface area (TPSA) is 313 Å². The zero-order valence-corrected chi connectivity index (χ0v) is 39.0. The first-order valence-electron chi connectivity index (χ1n) is 19.6. The van der Waals surface area contributed by atoms with E-state index in [9.17, 15) is 45.6 Å². The number of rotatable bonds is 20. The Labute approximate surface area is 373 Å². The van der Waals surface area contributed by atoms with Gasteiger partial charge in [-0.3, -0.25) is 19.2 Å². The fraction of sp³-hybridized carbons (Fsp3) is 0.622. The number of carboxylic acids is 2. The molecule has 2 aromatic rings. The number of ketones is 1. The van der Waals surface area contributed by atoms with Crippen molar-refractivity contribution >= 4 is 84.3 Å². The van der Waals surface area contributed by atoms with E-state index in [-0.39, 0.29) is 35.7 Å². The third kappa shape index (κ3) is 16.2. The zero-order valence-electron chi connectivity index (χ0n) is 35.8. The Balaban J connectivity index is 0.00000120. The fourth-order valence-corrected chi connectivity index (χ4v) is 11.4. The third-order valence-electron chi connectivity index (χ3n) is 9.13. The lowest BCUT2D eigenvalue weighted by Gasteiger charge is -2.27. The van der Waals surface area contributed by atoms with Crippen molar-refractivity contribution in [3.05, 3.63) is 23.8 Å². The molecule has 4 heterocycles. The first-order valence-corrected chi connectivity index (χ1v) is 24.2. The molecule has 5 atom stereocenters. The smallest absolute Gasteiger partial charge is 0.328 e. The normalized spacial score (nSPS) is 18.7. The van der Waals surface area contributed by atoms with Crippen LogP contribution in [0.25, 0.3) is 0 Å². The highest BCUT2D eigenvalue weighted by Crippen LogP contribution is 2.42. The predicted molar refractivity (Wildman–Crippen MR) is 227 cm³/mol. The average Bonchev–Trinajstić information content (AvgIpc) is 3.89. The van der Waals surface area contributed by atoms with Crippen LogP contribution in [-0.4, -0.2) is 140 Å². The van der Waals surface area contributed by atoms with Crippen LogP contribution in [0.4, 0.5) is 5.82 Å². The summed E-state index contributed by atoms with van der Waals surface area (Å²) in [6.07, 6.45) is -1.68. The Hall–Kier alpha value is -4.60. The molecule has 0 aliphatic carbocycles. The molecule has 1 amide bonds. The molecule has 0 unspecified atom stereocenters. The molecule has 63 heavy (non-hydrogen) atoms. The number of nitrogens with one attached hydrogen (secondary N) is 3. The van der Waals surface area contributed by atoms with Gasteiger partial charge >= 0.3 is 23.9 Å². The van der Waals surface area contributed by atoms with Gasteiger partial charge in [-0.1, -0.05) is 6.92 Å². The first-order chi connectivity index (χ1) is 29.4. The number of fused-ring (bicyclic) bond motifs is 1. The van der Waals surface area contributed by atoms with Crippen molar-refractivity contribution in [3.8, 4) is 5.88 Å². The van der Waals surface area contributed by atoms with Crippen LogP contribution in [0.5, 0.6) is 5.88 Å². The molecule has 2 aliphatic heterocycles. The standard InChI is InChI=1S/C33H50N6O12S4.C4H4O4/c1-8-34-24-15-19(2)54(44,45)32-23(24)16-27(52-32)55(46,47)38-30(43)20(3)28(42)21(4)50-25(40)9-10-26(41)51-22(17-35-33(5,6)7)18-49-31-29(36-53-37-31)39-11-13-48-14-12-39;5-3(6)1-2-4(7)8/h16,19-22,24,34-35H,8-15,17-18H2,1-7H3,(H,38,43);1-2H,(H,5,6)(H,7,8)/b;2-1-/t19-,20+,21-,22-,24-;/m0./s1. The number of thiophene rings is 1. The molecule has 0 spiro atoms. The fourth-order valence-electron chi connectivity index (χ4n) is 5.79. The van der Waals surface area contributed by atoms with E-state index in [4.69, 9.17) is 29.2 Å². The van der Waals surface area contributed by atoms with E-state index in [1.807, 2.05) is 37.3 Å². The molecule has 4 rings (SSSR count). The van der Waals surface area contributed by atoms with Gasteiger partial charge in [0.15, 0.2) is 21.7 Å². The number of hydrogen-bond acceptors (Lipinski definition) is 21. The summed E-state index contributed by atoms with van der Waals surface area (Å²) in [4.78, 5) is 72.5. The number of aromatic nitrogens is 2. The minimum atomic E-state index is -4.56. The maximum atomic E-state index is 13.2. The van der Waals surface area contributed by atoms with Gasteiger partial charge in [0, 0.05) is 48.9 Å². The summed E-state index contributed by atoms with van der Waals surface area (Å²) >= 11 is 1.53. The van der Waals surface area contributed by atoms with Gasteiger partial charge in [0.1, 0.15) is 21.1 Å². The van der Waals surface area contributed by atoms with Crippen molar-refractivity contribution < 1.29 is 74.8 Å². The van der Waals surface area contributed by atoms with Crippen molar-refractivity contribution in [3.63, 3.8) is 0 Å². The molecule has 5 N–H and O–H groups in total. The molecule has 0 radical (unpaired) electrons. The second-order valence-electron chi connectivity index (χ2n) is 15.3. The summed E-state index contributed by atoms with van der Waals surface area (Å²) in [6.45, 7) is 14.7. The van der Waals surface area contributed by atoms with Crippen molar-refractivity contribution in [1.29, 1.82) is 0 Å². The van der Waals surface area contributed by atoms with E-state index in [1.54, 1.807) is 6.92 Å². The minimum absolute atomic E-state index is 0.0487. The molecule has 2 aliphatic rings. The van der Waals surface area contributed by atoms with Gasteiger partial charge in [-0.25, -0.2) is 31.1 Å². The van der Waals surface area contributed by atoms with Crippen LogP contribution >= 0.6 is 23.1 Å². The van der Waals surface area contributed by atoms with Gasteiger partial charge in [0.2, 0.25) is 11.7 Å². The number of anilines is 1. The Morgan fingerprint density at radius 1 is 1.02 bits per heavy atom. The Bertz CT molecular complexity index is 2180. The van der Waals surface area contributed by atoms with E-state index < -0.39 is 95.5 Å². The molecule has 0 aromatic carbocycles. The summed E-state index contributed by atoms with van der Waals surface area (Å²) in [5.41, 5.74) is 0.000341. The molecule has 0 saturated carbocycles. The van der Waals surface area contributed by atoms with Crippen LogP contribution in [0, 0.1) is 5.92 Å². The Kier molecular flexibility index (Phi) is 19.6. The SMILES string of the molecule is CCN[C@H]1C[C@H](C)S(=O)(=O)c2sc(S(=O)(=O)NC(=O)[C@H](C)C(=O)[C@H](C)OC(=O)CCC(=O)O[C@@H](CNC(C)(C)C)COc3nsnc3N3CCOCC3)cc21.O=C(O)/C=C\C(=O)O. The predicted octanol–water partition coefficient (Wildman–Crippen LogP) is 1.47. The summed E-state index contributed by atoms with van der Waals surface area (Å²) in [6, 6.07) is 0.833. The second kappa shape index (κ2) is 23.4. The maximum Gasteiger partial charge on any atom is 0.328 e. The lowest BCUT2D eigenvalue weighted by atomic mass is 10.0. The largest absolute Gasteiger partial charge is 0.478 e. The number of esters is 2. The van der Waals surface area contributed by atoms with E-state index in [2.05, 4.69) is 19.4 Å². The van der Waals surface area contributed by atoms with Gasteiger partial charge in [-0.05, 0) is 60.6 Å². The van der Waals surface area contributed by atoms with E-state index in [0.29, 0.717) is 73.6 Å². The number of nitrogens with zero attached hydrogens (tertiary/aromatic N) is 3. The van der Waals surface area contributed by atoms with Crippen LogP contribution < -0.4 is 25.0 Å². The number of morpholine rings is 1. The van der Waals surface area contributed by atoms with Crippen LogP contribution in [0.2, 0.25) is 0 Å². The van der Waals surface area contributed by atoms with Gasteiger partial charge in [-0.15, -0.1) is 15.7 Å². The Morgan fingerprint density at radius 2 is 1.62 bits per heavy atom. The quantitative estimate of drug-likeness (QED) is 0.0713. The lowest BCUT2D eigenvalue weighted by molar-refractivity contribution is -0.159. The number of carboxylic acid groups (broad SMARTS) is 2. The summed E-state index contributed by atoms with van der Waals surface area (Å²) in [5, 5.41) is 21.3. The van der Waals surface area contributed by atoms with E-state index >= 15 is 0 Å². The first kappa shape index (κ1) is 52.7. The third-order valence-corrected chi connectivity index (χ3v) is 15.4. The summed E-state index contributed by atoms with van der Waals surface area (Å²) in [7, 11) is -8.34. The maximum absolute atomic E-state index is 13.2. The molecule has 352 valence electrons. The number of aliphatic carboxylic acids is 2. The van der Waals surface area contributed by atoms with Crippen LogP contribution in [0.3, 0.4) is 0 Å². The number of carbonyl (C=O) groups is 6. The van der Waals surface area contributed by atoms with Crippen LogP contribution in [0.1, 0.15) is 79.3 Å². The zero-order chi connectivity index (χ0) is 47.3. The second-order valence-corrected chi connectivity index (χ2v) is 21.3. The molecular weight excluding hydrogens is 913 g/mol. The van der Waals surface area contributed by atoms with Crippen molar-refractivity contribution in [2.24, 2.45) is 5.92 Å². The van der Waals surface area contributed by atoms with Gasteiger partial charge < -0.3 is 44.7 Å². The summed E-state index contributed by atoms with van der Waals surface area (Å²) < 4.78 is 84.3. The van der Waals surface area contributed by atoms with Gasteiger partial charge in [-0.2, -0.15) is 4.37 Å². The van der Waals surface area contributed by atoms with Crippen molar-refractivity contribution in [1.82, 2.24) is 24.1 Å². The van der Waals surface area contributed by atoms with E-state index in [1.165, 1.54) is 13.0 Å². The molecular formula is C37H54N6O16S4. The van der Waals surface area contributed by atoms with Crippen LogP contribution in [0.15, 0.2) is 26.6 Å². The number of sulfone groups is 1. The number of carbonyl (C=O) groups excluding carboxylic acids is 4. The van der Waals surface area contributed by atoms with Crippen molar-refractivity contribution in [2.75, 3.05) is 50.9 Å². The molecule has 2 aromatic heterocycles. The number of amides is 1. The highest BCUT2D eigenvalue weighted by atomic mass is 32.3. The monoisotopic (exact) mass is 966 g/mol. The van der Waals surface area contributed by atoms with Crippen molar-refractivity contribution in [2.45, 2.75) is 105 Å². The minimum Gasteiger partial charge on any atom is -0.478 e. The molecule has 0 bridgehead atoms. The molecule has 26 heteroatoms. The Morgan fingerprint density at radius 3 is 2.19 bits per heavy atom. The lowest BCUT2D eigenvalue weighted by Crippen LogP contribution is -2.44. The molecule has 1 saturated heterocycles. The number of ether oxygens (including phenoxy) is 4. The molecule has 1 fully saturated rings. The number of hydrogen-bond donors (Lipinski definition) is 5. The van der Waals surface area contributed by atoms with E-state index in [0.717, 1.165) is 18.7 Å². The molecule has 22 nitrogen and oxygen atoms in total. The summed E-state index contributed by atoms with van der Waals surface area (Å²) in [5.74, 6) is -6.92. The van der Waals surface area contributed by atoms with Gasteiger partial charge in [0.25, 0.3) is 15.9 Å². The average molecular weight is 967 g/mol. The highest BCUT2D eigenvalue weighted by Gasteiger charge is 2.40.